The zero-order chi connectivity index (χ0) is 13.1. The van der Waals surface area contributed by atoms with Crippen molar-refractivity contribution < 1.29 is 4.39 Å². The zero-order valence-electron chi connectivity index (χ0n) is 10.9. The Morgan fingerprint density at radius 1 is 1.44 bits per heavy atom. The predicted octanol–water partition coefficient (Wildman–Crippen LogP) is 2.99. The summed E-state index contributed by atoms with van der Waals surface area (Å²) in [6, 6.07) is 5.28. The summed E-state index contributed by atoms with van der Waals surface area (Å²) in [5, 5.41) is 3.31. The van der Waals surface area contributed by atoms with E-state index < -0.39 is 0 Å². The minimum Gasteiger partial charge on any atom is -0.310 e. The molecule has 96 valence electrons. The van der Waals surface area contributed by atoms with Gasteiger partial charge in [0.1, 0.15) is 11.6 Å². The number of hydrogen-bond acceptors (Lipinski definition) is 2. The molecule has 0 amide bonds. The largest absolute Gasteiger partial charge is 0.310 e. The average molecular weight is 247 g/mol. The van der Waals surface area contributed by atoms with Crippen molar-refractivity contribution in [1.29, 1.82) is 0 Å². The van der Waals surface area contributed by atoms with Crippen LogP contribution in [-0.2, 0) is 0 Å². The van der Waals surface area contributed by atoms with Gasteiger partial charge in [0, 0.05) is 18.4 Å². The lowest BCUT2D eigenvalue weighted by Crippen LogP contribution is -2.20. The van der Waals surface area contributed by atoms with Gasteiger partial charge < -0.3 is 9.88 Å². The van der Waals surface area contributed by atoms with Gasteiger partial charge >= 0.3 is 0 Å². The van der Waals surface area contributed by atoms with Gasteiger partial charge in [0.05, 0.1) is 5.69 Å². The molecule has 1 aromatic heterocycles. The van der Waals surface area contributed by atoms with E-state index in [1.807, 2.05) is 26.8 Å². The molecule has 0 saturated heterocycles. The van der Waals surface area contributed by atoms with Crippen molar-refractivity contribution in [2.45, 2.75) is 26.8 Å². The molecule has 2 rings (SSSR count). The van der Waals surface area contributed by atoms with E-state index in [9.17, 15) is 4.39 Å². The van der Waals surface area contributed by atoms with Gasteiger partial charge in [-0.1, -0.05) is 19.1 Å². The summed E-state index contributed by atoms with van der Waals surface area (Å²) in [5.41, 5.74) is 1.53. The van der Waals surface area contributed by atoms with E-state index >= 15 is 0 Å². The van der Waals surface area contributed by atoms with Crippen molar-refractivity contribution in [2.75, 3.05) is 6.54 Å². The van der Waals surface area contributed by atoms with Gasteiger partial charge in [-0.05, 0) is 32.0 Å². The molecule has 1 unspecified atom stereocenters. The monoisotopic (exact) mass is 247 g/mol. The minimum absolute atomic E-state index is 0.0995. The highest BCUT2D eigenvalue weighted by molar-refractivity contribution is 5.45. The van der Waals surface area contributed by atoms with Crippen molar-refractivity contribution in [1.82, 2.24) is 14.9 Å². The highest BCUT2D eigenvalue weighted by Gasteiger charge is 2.16. The first-order valence-corrected chi connectivity index (χ1v) is 6.17. The maximum atomic E-state index is 14.1. The van der Waals surface area contributed by atoms with Crippen LogP contribution in [0.2, 0.25) is 0 Å². The van der Waals surface area contributed by atoms with E-state index in [1.54, 1.807) is 23.0 Å². The molecule has 0 bridgehead atoms. The van der Waals surface area contributed by atoms with Gasteiger partial charge in [-0.2, -0.15) is 0 Å². The second-order valence-corrected chi connectivity index (χ2v) is 4.30. The summed E-state index contributed by atoms with van der Waals surface area (Å²) in [6.07, 6.45) is 3.47. The van der Waals surface area contributed by atoms with Crippen LogP contribution in [0.5, 0.6) is 0 Å². The smallest absolute Gasteiger partial charge is 0.147 e. The molecular formula is C14H18FN3. The van der Waals surface area contributed by atoms with Crippen LogP contribution in [0.1, 0.15) is 31.3 Å². The first-order chi connectivity index (χ1) is 8.65. The SMILES string of the molecule is CCNC(C)c1cccc(F)c1-n1ccnc1C. The van der Waals surface area contributed by atoms with Gasteiger partial charge in [-0.25, -0.2) is 9.37 Å². The Balaban J connectivity index is 2.55. The molecule has 1 heterocycles. The van der Waals surface area contributed by atoms with Crippen LogP contribution in [-0.4, -0.2) is 16.1 Å². The summed E-state index contributed by atoms with van der Waals surface area (Å²) < 4.78 is 15.9. The molecular weight excluding hydrogens is 229 g/mol. The molecule has 0 saturated carbocycles. The molecule has 0 spiro atoms. The van der Waals surface area contributed by atoms with E-state index in [4.69, 9.17) is 0 Å². The van der Waals surface area contributed by atoms with Gasteiger partial charge in [0.25, 0.3) is 0 Å². The highest BCUT2D eigenvalue weighted by atomic mass is 19.1. The average Bonchev–Trinajstić information content (AvgIpc) is 2.75. The Bertz CT molecular complexity index is 534. The number of para-hydroxylation sites is 1. The minimum atomic E-state index is -0.224. The summed E-state index contributed by atoms with van der Waals surface area (Å²) in [6.45, 7) is 6.79. The van der Waals surface area contributed by atoms with E-state index in [0.717, 1.165) is 17.9 Å². The zero-order valence-corrected chi connectivity index (χ0v) is 10.9. The molecule has 0 aliphatic rings. The first-order valence-electron chi connectivity index (χ1n) is 6.17. The number of nitrogens with one attached hydrogen (secondary N) is 1. The predicted molar refractivity (Wildman–Crippen MR) is 70.4 cm³/mol. The van der Waals surface area contributed by atoms with Gasteiger partial charge in [-0.15, -0.1) is 0 Å². The molecule has 18 heavy (non-hydrogen) atoms. The van der Waals surface area contributed by atoms with Gasteiger partial charge in [-0.3, -0.25) is 0 Å². The lowest BCUT2D eigenvalue weighted by molar-refractivity contribution is 0.574. The maximum absolute atomic E-state index is 14.1. The second-order valence-electron chi connectivity index (χ2n) is 4.30. The van der Waals surface area contributed by atoms with Crippen LogP contribution in [0.25, 0.3) is 5.69 Å². The van der Waals surface area contributed by atoms with Crippen LogP contribution in [0.4, 0.5) is 4.39 Å². The molecule has 0 aliphatic carbocycles. The molecule has 1 aromatic carbocycles. The number of aromatic nitrogens is 2. The molecule has 3 nitrogen and oxygen atoms in total. The molecule has 1 N–H and O–H groups in total. The number of imidazole rings is 1. The third-order valence-corrected chi connectivity index (χ3v) is 3.06. The lowest BCUT2D eigenvalue weighted by Gasteiger charge is -2.19. The van der Waals surface area contributed by atoms with Crippen molar-refractivity contribution in [3.8, 4) is 5.69 Å². The number of hydrogen-bond donors (Lipinski definition) is 1. The Kier molecular flexibility index (Phi) is 3.77. The van der Waals surface area contributed by atoms with Gasteiger partial charge in [0.15, 0.2) is 0 Å². The molecule has 0 radical (unpaired) electrons. The van der Waals surface area contributed by atoms with Crippen molar-refractivity contribution in [2.24, 2.45) is 0 Å². The van der Waals surface area contributed by atoms with Crippen LogP contribution < -0.4 is 5.32 Å². The van der Waals surface area contributed by atoms with Crippen LogP contribution in [0, 0.1) is 12.7 Å². The van der Waals surface area contributed by atoms with Gasteiger partial charge in [0.2, 0.25) is 0 Å². The number of aryl methyl sites for hydroxylation is 1. The second kappa shape index (κ2) is 5.31. The van der Waals surface area contributed by atoms with E-state index in [2.05, 4.69) is 10.3 Å². The standard InChI is InChI=1S/C14H18FN3/c1-4-16-10(2)12-6-5-7-13(15)14(12)18-9-8-17-11(18)3/h5-10,16H,4H2,1-3H3. The number of halogens is 1. The fourth-order valence-corrected chi connectivity index (χ4v) is 2.17. The molecule has 0 fully saturated rings. The van der Waals surface area contributed by atoms with Crippen molar-refractivity contribution in [3.05, 3.63) is 47.8 Å². The van der Waals surface area contributed by atoms with Crippen molar-refractivity contribution in [3.63, 3.8) is 0 Å². The quantitative estimate of drug-likeness (QED) is 0.900. The third-order valence-electron chi connectivity index (χ3n) is 3.06. The molecule has 0 aliphatic heterocycles. The van der Waals surface area contributed by atoms with E-state index in [-0.39, 0.29) is 11.9 Å². The lowest BCUT2D eigenvalue weighted by atomic mass is 10.1. The Labute approximate surface area is 107 Å². The van der Waals surface area contributed by atoms with E-state index in [0.29, 0.717) is 5.69 Å². The molecule has 1 atom stereocenters. The Morgan fingerprint density at radius 3 is 2.83 bits per heavy atom. The normalized spacial score (nSPS) is 12.7. The topological polar surface area (TPSA) is 29.9 Å². The van der Waals surface area contributed by atoms with E-state index in [1.165, 1.54) is 6.07 Å². The first kappa shape index (κ1) is 12.8. The fourth-order valence-electron chi connectivity index (χ4n) is 2.17. The molecule has 4 heteroatoms. The Hall–Kier alpha value is -1.68. The number of benzene rings is 1. The van der Waals surface area contributed by atoms with Crippen molar-refractivity contribution >= 4 is 0 Å². The fraction of sp³-hybridized carbons (Fsp3) is 0.357. The van der Waals surface area contributed by atoms with Crippen LogP contribution in [0.3, 0.4) is 0 Å². The maximum Gasteiger partial charge on any atom is 0.147 e. The van der Waals surface area contributed by atoms with Crippen LogP contribution >= 0.6 is 0 Å². The highest BCUT2D eigenvalue weighted by Crippen LogP contribution is 2.25. The number of nitrogens with zero attached hydrogens (tertiary/aromatic N) is 2. The summed E-state index contributed by atoms with van der Waals surface area (Å²) >= 11 is 0. The van der Waals surface area contributed by atoms with Crippen LogP contribution in [0.15, 0.2) is 30.6 Å². The molecule has 2 aromatic rings. The summed E-state index contributed by atoms with van der Waals surface area (Å²) in [7, 11) is 0. The summed E-state index contributed by atoms with van der Waals surface area (Å²) in [5.74, 6) is 0.559. The number of rotatable bonds is 4. The Morgan fingerprint density at radius 2 is 2.22 bits per heavy atom. The third kappa shape index (κ3) is 2.29. The summed E-state index contributed by atoms with van der Waals surface area (Å²) in [4.78, 5) is 4.16.